The fourth-order valence-corrected chi connectivity index (χ4v) is 3.98. The highest BCUT2D eigenvalue weighted by Gasteiger charge is 2.27. The molecule has 4 N–H and O–H groups in total. The Morgan fingerprint density at radius 2 is 1.14 bits per heavy atom. The number of piperidine rings is 2. The Bertz CT molecular complexity index is 545. The first kappa shape index (κ1) is 23.2. The molecule has 2 rings (SSSR count). The molecule has 2 saturated heterocycles. The maximum Gasteiger partial charge on any atom is 0.220 e. The highest BCUT2D eigenvalue weighted by atomic mass is 16.2. The van der Waals surface area contributed by atoms with Gasteiger partial charge in [0.05, 0.1) is 0 Å². The fraction of sp³-hybridized carbons (Fsp3) is 0.810. The van der Waals surface area contributed by atoms with Crippen LogP contribution < -0.4 is 21.3 Å². The van der Waals surface area contributed by atoms with Gasteiger partial charge in [0.15, 0.2) is 0 Å². The minimum absolute atomic E-state index is 0.0146. The van der Waals surface area contributed by atoms with Crippen LogP contribution in [0.4, 0.5) is 0 Å². The van der Waals surface area contributed by atoms with E-state index in [2.05, 4.69) is 21.3 Å². The van der Waals surface area contributed by atoms with Gasteiger partial charge in [0.2, 0.25) is 23.6 Å². The van der Waals surface area contributed by atoms with Crippen molar-refractivity contribution >= 4 is 23.6 Å². The van der Waals surface area contributed by atoms with Gasteiger partial charge in [-0.05, 0) is 39.5 Å². The second kappa shape index (κ2) is 11.8. The SMILES string of the molecule is CC1NC(=O)CCC1NC(=O)CCCCCCCC(=O)NC1CCC(=O)NC1C. The monoisotopic (exact) mass is 408 g/mol. The Hall–Kier alpha value is -2.12. The van der Waals surface area contributed by atoms with Crippen LogP contribution in [0.1, 0.15) is 84.5 Å². The summed E-state index contributed by atoms with van der Waals surface area (Å²) in [4.78, 5) is 46.7. The van der Waals surface area contributed by atoms with Gasteiger partial charge in [-0.1, -0.05) is 19.3 Å². The summed E-state index contributed by atoms with van der Waals surface area (Å²) >= 11 is 0. The molecule has 4 unspecified atom stereocenters. The van der Waals surface area contributed by atoms with Crippen molar-refractivity contribution in [1.29, 1.82) is 0 Å². The molecule has 2 heterocycles. The molecule has 0 aromatic heterocycles. The van der Waals surface area contributed by atoms with Crippen molar-refractivity contribution in [3.05, 3.63) is 0 Å². The van der Waals surface area contributed by atoms with Gasteiger partial charge in [0.25, 0.3) is 0 Å². The predicted octanol–water partition coefficient (Wildman–Crippen LogP) is 1.28. The zero-order chi connectivity index (χ0) is 21.2. The molecule has 0 aromatic carbocycles. The van der Waals surface area contributed by atoms with Crippen molar-refractivity contribution in [3.63, 3.8) is 0 Å². The Kier molecular flexibility index (Phi) is 9.41. The Labute approximate surface area is 173 Å². The van der Waals surface area contributed by atoms with E-state index in [9.17, 15) is 19.2 Å². The van der Waals surface area contributed by atoms with Crippen molar-refractivity contribution in [2.45, 2.75) is 109 Å². The van der Waals surface area contributed by atoms with Gasteiger partial charge in [-0.2, -0.15) is 0 Å². The molecule has 0 bridgehead atoms. The third-order valence-corrected chi connectivity index (χ3v) is 5.85. The summed E-state index contributed by atoms with van der Waals surface area (Å²) in [5.74, 6) is 0.200. The first-order chi connectivity index (χ1) is 13.8. The predicted molar refractivity (Wildman–Crippen MR) is 110 cm³/mol. The van der Waals surface area contributed by atoms with Crippen LogP contribution in [0.5, 0.6) is 0 Å². The van der Waals surface area contributed by atoms with Crippen molar-refractivity contribution in [3.8, 4) is 0 Å². The smallest absolute Gasteiger partial charge is 0.220 e. The van der Waals surface area contributed by atoms with Crippen LogP contribution in [0.3, 0.4) is 0 Å². The first-order valence-electron chi connectivity index (χ1n) is 11.0. The minimum atomic E-state index is -0.0146. The molecule has 0 saturated carbocycles. The van der Waals surface area contributed by atoms with Gasteiger partial charge in [-0.25, -0.2) is 0 Å². The van der Waals surface area contributed by atoms with Crippen molar-refractivity contribution < 1.29 is 19.2 Å². The topological polar surface area (TPSA) is 116 Å². The second-order valence-corrected chi connectivity index (χ2v) is 8.41. The average Bonchev–Trinajstić information content (AvgIpc) is 2.65. The maximum absolute atomic E-state index is 12.0. The Morgan fingerprint density at radius 1 is 0.759 bits per heavy atom. The third-order valence-electron chi connectivity index (χ3n) is 5.85. The van der Waals surface area contributed by atoms with E-state index >= 15 is 0 Å². The zero-order valence-corrected chi connectivity index (χ0v) is 17.7. The lowest BCUT2D eigenvalue weighted by molar-refractivity contribution is -0.126. The van der Waals surface area contributed by atoms with Crippen LogP contribution in [-0.4, -0.2) is 47.8 Å². The third kappa shape index (κ3) is 8.41. The van der Waals surface area contributed by atoms with E-state index in [0.29, 0.717) is 38.5 Å². The van der Waals surface area contributed by atoms with Gasteiger partial charge in [0.1, 0.15) is 0 Å². The number of amides is 4. The summed E-state index contributed by atoms with van der Waals surface area (Å²) in [6, 6.07) is 0.0243. The van der Waals surface area contributed by atoms with Crippen LogP contribution in [0.2, 0.25) is 0 Å². The molecule has 0 aromatic rings. The van der Waals surface area contributed by atoms with Crippen LogP contribution in [-0.2, 0) is 19.2 Å². The molecule has 0 spiro atoms. The number of unbranched alkanes of at least 4 members (excludes halogenated alkanes) is 4. The molecule has 2 aliphatic rings. The van der Waals surface area contributed by atoms with Crippen LogP contribution in [0.25, 0.3) is 0 Å². The number of carbonyl (C=O) groups excluding carboxylic acids is 4. The largest absolute Gasteiger partial charge is 0.352 e. The summed E-state index contributed by atoms with van der Waals surface area (Å²) in [6.07, 6.45) is 7.97. The van der Waals surface area contributed by atoms with E-state index in [-0.39, 0.29) is 47.8 Å². The fourth-order valence-electron chi connectivity index (χ4n) is 3.98. The summed E-state index contributed by atoms with van der Waals surface area (Å²) in [6.45, 7) is 3.84. The molecule has 8 heteroatoms. The van der Waals surface area contributed by atoms with Gasteiger partial charge >= 0.3 is 0 Å². The minimum Gasteiger partial charge on any atom is -0.352 e. The highest BCUT2D eigenvalue weighted by molar-refractivity contribution is 5.80. The number of nitrogens with one attached hydrogen (secondary N) is 4. The Balaban J connectivity index is 1.46. The second-order valence-electron chi connectivity index (χ2n) is 8.41. The lowest BCUT2D eigenvalue weighted by Gasteiger charge is -2.30. The highest BCUT2D eigenvalue weighted by Crippen LogP contribution is 2.12. The maximum atomic E-state index is 12.0. The normalized spacial score (nSPS) is 27.0. The molecule has 164 valence electrons. The lowest BCUT2D eigenvalue weighted by atomic mass is 9.99. The van der Waals surface area contributed by atoms with E-state index < -0.39 is 0 Å². The van der Waals surface area contributed by atoms with E-state index in [0.717, 1.165) is 32.1 Å². The van der Waals surface area contributed by atoms with Crippen LogP contribution in [0.15, 0.2) is 0 Å². The standard InChI is InChI=1S/C21H36N4O4/c1-14-16(10-12-20(28)22-14)24-18(26)8-6-4-3-5-7-9-19(27)25-17-11-13-21(29)23-15(17)2/h14-17H,3-13H2,1-2H3,(H,22,28)(H,23,29)(H,24,26)(H,25,27). The lowest BCUT2D eigenvalue weighted by Crippen LogP contribution is -2.53. The molecule has 2 fully saturated rings. The summed E-state index contributed by atoms with van der Waals surface area (Å²) in [7, 11) is 0. The van der Waals surface area contributed by atoms with Gasteiger partial charge in [-0.3, -0.25) is 19.2 Å². The molecule has 8 nitrogen and oxygen atoms in total. The van der Waals surface area contributed by atoms with E-state index in [1.807, 2.05) is 13.8 Å². The van der Waals surface area contributed by atoms with Gasteiger partial charge in [0, 0.05) is 49.9 Å². The van der Waals surface area contributed by atoms with Gasteiger partial charge < -0.3 is 21.3 Å². The molecule has 0 aliphatic carbocycles. The van der Waals surface area contributed by atoms with Crippen LogP contribution in [0, 0.1) is 0 Å². The number of hydrogen-bond acceptors (Lipinski definition) is 4. The summed E-state index contributed by atoms with van der Waals surface area (Å²) < 4.78 is 0. The molecule has 4 atom stereocenters. The van der Waals surface area contributed by atoms with E-state index in [1.165, 1.54) is 0 Å². The average molecular weight is 409 g/mol. The molecule has 4 amide bonds. The first-order valence-corrected chi connectivity index (χ1v) is 11.0. The summed E-state index contributed by atoms with van der Waals surface area (Å²) in [5.41, 5.74) is 0. The summed E-state index contributed by atoms with van der Waals surface area (Å²) in [5, 5.41) is 11.8. The zero-order valence-electron chi connectivity index (χ0n) is 17.7. The molecule has 0 radical (unpaired) electrons. The van der Waals surface area contributed by atoms with Crippen molar-refractivity contribution in [1.82, 2.24) is 21.3 Å². The molecular weight excluding hydrogens is 372 g/mol. The molecular formula is C21H36N4O4. The van der Waals surface area contributed by atoms with Crippen molar-refractivity contribution in [2.24, 2.45) is 0 Å². The molecule has 29 heavy (non-hydrogen) atoms. The van der Waals surface area contributed by atoms with Crippen LogP contribution >= 0.6 is 0 Å². The molecule has 2 aliphatic heterocycles. The number of rotatable bonds is 10. The van der Waals surface area contributed by atoms with Crippen molar-refractivity contribution in [2.75, 3.05) is 0 Å². The number of hydrogen-bond donors (Lipinski definition) is 4. The van der Waals surface area contributed by atoms with Gasteiger partial charge in [-0.15, -0.1) is 0 Å². The number of carbonyl (C=O) groups is 4. The quantitative estimate of drug-likeness (QED) is 0.408. The Morgan fingerprint density at radius 3 is 1.52 bits per heavy atom. The van der Waals surface area contributed by atoms with E-state index in [1.54, 1.807) is 0 Å². The van der Waals surface area contributed by atoms with E-state index in [4.69, 9.17) is 0 Å².